The Morgan fingerprint density at radius 1 is 1.40 bits per heavy atom. The van der Waals surface area contributed by atoms with Crippen LogP contribution in [0.25, 0.3) is 0 Å². The molecule has 1 amide bonds. The van der Waals surface area contributed by atoms with Crippen molar-refractivity contribution in [3.8, 4) is 0 Å². The average Bonchev–Trinajstić information content (AvgIpc) is 2.73. The van der Waals surface area contributed by atoms with Gasteiger partial charge >= 0.3 is 0 Å². The van der Waals surface area contributed by atoms with Crippen LogP contribution in [-0.2, 0) is 6.42 Å². The normalized spacial score (nSPS) is 10.3. The van der Waals surface area contributed by atoms with Crippen molar-refractivity contribution in [2.75, 3.05) is 13.1 Å². The number of carbonyl (C=O) groups excluding carboxylic acids is 1. The zero-order chi connectivity index (χ0) is 11.3. The van der Waals surface area contributed by atoms with Gasteiger partial charge in [-0.1, -0.05) is 13.8 Å². The van der Waals surface area contributed by atoms with Gasteiger partial charge in [-0.25, -0.2) is 4.98 Å². The fourth-order valence-corrected chi connectivity index (χ4v) is 1.36. The lowest BCUT2D eigenvalue weighted by molar-refractivity contribution is 0.0752. The third-order valence-electron chi connectivity index (χ3n) is 2.22. The van der Waals surface area contributed by atoms with Crippen LogP contribution >= 0.6 is 0 Å². The molecule has 5 nitrogen and oxygen atoms in total. The van der Waals surface area contributed by atoms with Crippen LogP contribution in [0.5, 0.6) is 0 Å². The molecule has 0 aromatic carbocycles. The molecule has 0 aliphatic heterocycles. The van der Waals surface area contributed by atoms with E-state index < -0.39 is 0 Å². The number of hydrogen-bond donors (Lipinski definition) is 1. The minimum absolute atomic E-state index is 0.0877. The maximum absolute atomic E-state index is 11.9. The van der Waals surface area contributed by atoms with E-state index in [2.05, 4.69) is 15.2 Å². The fraction of sp³-hybridized carbons (Fsp3) is 0.700. The molecule has 1 N–H and O–H groups in total. The Kier molecular flexibility index (Phi) is 4.27. The summed E-state index contributed by atoms with van der Waals surface area (Å²) in [7, 11) is 0. The third kappa shape index (κ3) is 2.78. The van der Waals surface area contributed by atoms with Crippen molar-refractivity contribution in [1.29, 1.82) is 0 Å². The Labute approximate surface area is 89.9 Å². The van der Waals surface area contributed by atoms with Crippen molar-refractivity contribution in [2.45, 2.75) is 33.6 Å². The molecule has 1 aromatic heterocycles. The number of aromatic amines is 1. The second-order valence-electron chi connectivity index (χ2n) is 3.34. The molecule has 1 heterocycles. The number of aromatic nitrogens is 3. The van der Waals surface area contributed by atoms with Crippen LogP contribution in [0, 0.1) is 0 Å². The molecule has 84 valence electrons. The van der Waals surface area contributed by atoms with Crippen LogP contribution in [0.2, 0.25) is 0 Å². The molecular formula is C10H18N4O. The molecule has 0 fully saturated rings. The Balaban J connectivity index is 2.73. The molecule has 0 aliphatic rings. The van der Waals surface area contributed by atoms with Crippen molar-refractivity contribution in [3.05, 3.63) is 11.6 Å². The van der Waals surface area contributed by atoms with Crippen LogP contribution in [0.1, 0.15) is 43.6 Å². The van der Waals surface area contributed by atoms with E-state index in [1.54, 1.807) is 4.90 Å². The standard InChI is InChI=1S/C10H18N4O/c1-4-7-14(6-3)10(15)9-11-8(5-2)12-13-9/h4-7H2,1-3H3,(H,11,12,13). The molecule has 0 atom stereocenters. The van der Waals surface area contributed by atoms with Crippen LogP contribution in [0.4, 0.5) is 0 Å². The molecule has 0 bridgehead atoms. The van der Waals surface area contributed by atoms with Gasteiger partial charge in [-0.2, -0.15) is 0 Å². The van der Waals surface area contributed by atoms with E-state index in [9.17, 15) is 4.79 Å². The van der Waals surface area contributed by atoms with Gasteiger partial charge in [0.25, 0.3) is 5.91 Å². The molecule has 1 rings (SSSR count). The van der Waals surface area contributed by atoms with Gasteiger partial charge in [-0.05, 0) is 13.3 Å². The van der Waals surface area contributed by atoms with Gasteiger partial charge in [0.15, 0.2) is 0 Å². The van der Waals surface area contributed by atoms with E-state index in [0.717, 1.165) is 25.2 Å². The highest BCUT2D eigenvalue weighted by molar-refractivity contribution is 5.90. The first-order valence-corrected chi connectivity index (χ1v) is 5.43. The quantitative estimate of drug-likeness (QED) is 0.795. The van der Waals surface area contributed by atoms with Crippen LogP contribution in [0.3, 0.4) is 0 Å². The van der Waals surface area contributed by atoms with E-state index in [4.69, 9.17) is 0 Å². The molecule has 0 spiro atoms. The van der Waals surface area contributed by atoms with Crippen LogP contribution < -0.4 is 0 Å². The lowest BCUT2D eigenvalue weighted by Crippen LogP contribution is -2.32. The smallest absolute Gasteiger partial charge is 0.293 e. The number of nitrogens with zero attached hydrogens (tertiary/aromatic N) is 3. The topological polar surface area (TPSA) is 61.9 Å². The molecular weight excluding hydrogens is 192 g/mol. The van der Waals surface area contributed by atoms with Gasteiger partial charge < -0.3 is 4.90 Å². The first kappa shape index (κ1) is 11.7. The van der Waals surface area contributed by atoms with E-state index >= 15 is 0 Å². The second-order valence-corrected chi connectivity index (χ2v) is 3.34. The zero-order valence-corrected chi connectivity index (χ0v) is 9.58. The number of hydrogen-bond acceptors (Lipinski definition) is 3. The Bertz CT molecular complexity index is 321. The van der Waals surface area contributed by atoms with E-state index in [1.165, 1.54) is 0 Å². The van der Waals surface area contributed by atoms with Crippen molar-refractivity contribution in [3.63, 3.8) is 0 Å². The lowest BCUT2D eigenvalue weighted by Gasteiger charge is -2.17. The molecule has 0 aliphatic carbocycles. The van der Waals surface area contributed by atoms with Gasteiger partial charge in [0.2, 0.25) is 5.82 Å². The number of nitrogens with one attached hydrogen (secondary N) is 1. The number of aryl methyl sites for hydroxylation is 1. The summed E-state index contributed by atoms with van der Waals surface area (Å²) in [5.74, 6) is 0.948. The highest BCUT2D eigenvalue weighted by Crippen LogP contribution is 2.01. The average molecular weight is 210 g/mol. The largest absolute Gasteiger partial charge is 0.336 e. The summed E-state index contributed by atoms with van der Waals surface area (Å²) in [5.41, 5.74) is 0. The van der Waals surface area contributed by atoms with Crippen LogP contribution in [0.15, 0.2) is 0 Å². The summed E-state index contributed by atoms with van der Waals surface area (Å²) < 4.78 is 0. The Morgan fingerprint density at radius 3 is 2.60 bits per heavy atom. The SMILES string of the molecule is CCCN(CC)C(=O)c1n[nH]c(CC)n1. The van der Waals surface area contributed by atoms with Gasteiger partial charge in [0.05, 0.1) is 0 Å². The van der Waals surface area contributed by atoms with Gasteiger partial charge in [-0.15, -0.1) is 5.10 Å². The Hall–Kier alpha value is -1.39. The van der Waals surface area contributed by atoms with E-state index in [1.807, 2.05) is 20.8 Å². The van der Waals surface area contributed by atoms with E-state index in [0.29, 0.717) is 6.54 Å². The molecule has 0 unspecified atom stereocenters. The highest BCUT2D eigenvalue weighted by Gasteiger charge is 2.17. The van der Waals surface area contributed by atoms with Crippen LogP contribution in [-0.4, -0.2) is 39.1 Å². The summed E-state index contributed by atoms with van der Waals surface area (Å²) in [6.45, 7) is 7.43. The monoisotopic (exact) mass is 210 g/mol. The first-order valence-electron chi connectivity index (χ1n) is 5.43. The minimum atomic E-state index is -0.0877. The fourth-order valence-electron chi connectivity index (χ4n) is 1.36. The summed E-state index contributed by atoms with van der Waals surface area (Å²) >= 11 is 0. The predicted octanol–water partition coefficient (Wildman–Crippen LogP) is 1.24. The predicted molar refractivity (Wildman–Crippen MR) is 57.6 cm³/mol. The molecule has 0 saturated carbocycles. The number of H-pyrrole nitrogens is 1. The second kappa shape index (κ2) is 5.48. The number of amides is 1. The summed E-state index contributed by atoms with van der Waals surface area (Å²) in [5, 5.41) is 6.66. The maximum Gasteiger partial charge on any atom is 0.293 e. The van der Waals surface area contributed by atoms with Crippen molar-refractivity contribution in [2.24, 2.45) is 0 Å². The van der Waals surface area contributed by atoms with Gasteiger partial charge in [0.1, 0.15) is 5.82 Å². The van der Waals surface area contributed by atoms with E-state index in [-0.39, 0.29) is 11.7 Å². The molecule has 5 heteroatoms. The van der Waals surface area contributed by atoms with Crippen molar-refractivity contribution < 1.29 is 4.79 Å². The van der Waals surface area contributed by atoms with Gasteiger partial charge in [-0.3, -0.25) is 9.89 Å². The van der Waals surface area contributed by atoms with Crippen molar-refractivity contribution in [1.82, 2.24) is 20.1 Å². The number of rotatable bonds is 5. The zero-order valence-electron chi connectivity index (χ0n) is 9.58. The molecule has 15 heavy (non-hydrogen) atoms. The van der Waals surface area contributed by atoms with Gasteiger partial charge in [0, 0.05) is 19.5 Å². The maximum atomic E-state index is 11.9. The Morgan fingerprint density at radius 2 is 2.13 bits per heavy atom. The lowest BCUT2D eigenvalue weighted by atomic mass is 10.4. The third-order valence-corrected chi connectivity index (χ3v) is 2.22. The molecule has 0 radical (unpaired) electrons. The molecule has 0 saturated heterocycles. The summed E-state index contributed by atoms with van der Waals surface area (Å²) in [6.07, 6.45) is 1.71. The molecule has 1 aromatic rings. The summed E-state index contributed by atoms with van der Waals surface area (Å²) in [4.78, 5) is 17.8. The summed E-state index contributed by atoms with van der Waals surface area (Å²) in [6, 6.07) is 0. The highest BCUT2D eigenvalue weighted by atomic mass is 16.2. The number of carbonyl (C=O) groups is 1. The van der Waals surface area contributed by atoms with Crippen molar-refractivity contribution >= 4 is 5.91 Å². The first-order chi connectivity index (χ1) is 7.22. The minimum Gasteiger partial charge on any atom is -0.336 e.